The molecule has 0 bridgehead atoms. The lowest BCUT2D eigenvalue weighted by molar-refractivity contribution is 0.0946. The second-order valence-corrected chi connectivity index (χ2v) is 5.41. The summed E-state index contributed by atoms with van der Waals surface area (Å²) in [5.74, 6) is -0.204. The zero-order valence-corrected chi connectivity index (χ0v) is 13.4. The topological polar surface area (TPSA) is 66.9 Å². The Morgan fingerprint density at radius 1 is 0.920 bits per heavy atom. The smallest absolute Gasteiger partial charge is 0.270 e. The Balaban J connectivity index is 1.58. The van der Waals surface area contributed by atoms with Crippen LogP contribution in [0, 0.1) is 5.82 Å². The zero-order chi connectivity index (χ0) is 17.5. The van der Waals surface area contributed by atoms with Gasteiger partial charge in [-0.2, -0.15) is 0 Å². The fourth-order valence-corrected chi connectivity index (χ4v) is 2.22. The molecule has 0 spiro atoms. The molecule has 0 aliphatic carbocycles. The number of carbonyl (C=O) groups excluding carboxylic acids is 1. The molecule has 0 atom stereocenters. The molecule has 0 fully saturated rings. The van der Waals surface area contributed by atoms with Crippen LogP contribution in [-0.2, 0) is 13.1 Å². The van der Waals surface area contributed by atoms with Gasteiger partial charge in [-0.25, -0.2) is 14.4 Å². The number of nitrogens with one attached hydrogen (secondary N) is 2. The maximum Gasteiger partial charge on any atom is 0.270 e. The van der Waals surface area contributed by atoms with E-state index in [1.807, 2.05) is 30.3 Å². The first-order chi connectivity index (χ1) is 12.2. The van der Waals surface area contributed by atoms with E-state index in [2.05, 4.69) is 20.6 Å². The van der Waals surface area contributed by atoms with Gasteiger partial charge in [0.2, 0.25) is 5.95 Å². The van der Waals surface area contributed by atoms with E-state index < -0.39 is 0 Å². The molecule has 3 rings (SSSR count). The molecule has 0 saturated heterocycles. The van der Waals surface area contributed by atoms with Crippen LogP contribution in [0.5, 0.6) is 0 Å². The van der Waals surface area contributed by atoms with E-state index >= 15 is 0 Å². The summed E-state index contributed by atoms with van der Waals surface area (Å²) in [6.45, 7) is 0.872. The summed E-state index contributed by atoms with van der Waals surface area (Å²) in [7, 11) is 0. The molecule has 126 valence electrons. The molecule has 6 heteroatoms. The molecule has 1 aromatic heterocycles. The van der Waals surface area contributed by atoms with E-state index in [4.69, 9.17) is 0 Å². The monoisotopic (exact) mass is 336 g/mol. The lowest BCUT2D eigenvalue weighted by atomic mass is 10.2. The molecule has 0 saturated carbocycles. The highest BCUT2D eigenvalue weighted by molar-refractivity contribution is 5.92. The number of amides is 1. The lowest BCUT2D eigenvalue weighted by Gasteiger charge is -2.08. The van der Waals surface area contributed by atoms with Crippen LogP contribution >= 0.6 is 0 Å². The minimum Gasteiger partial charge on any atom is -0.350 e. The van der Waals surface area contributed by atoms with Crippen LogP contribution in [0.1, 0.15) is 21.6 Å². The van der Waals surface area contributed by atoms with Crippen molar-refractivity contribution in [1.82, 2.24) is 15.3 Å². The number of hydrogen-bond acceptors (Lipinski definition) is 4. The number of carbonyl (C=O) groups is 1. The van der Waals surface area contributed by atoms with E-state index in [1.165, 1.54) is 18.3 Å². The Morgan fingerprint density at radius 2 is 1.64 bits per heavy atom. The number of benzene rings is 2. The molecule has 2 N–H and O–H groups in total. The maximum atomic E-state index is 12.9. The van der Waals surface area contributed by atoms with Crippen molar-refractivity contribution in [1.29, 1.82) is 0 Å². The summed E-state index contributed by atoms with van der Waals surface area (Å²) in [6.07, 6.45) is 1.53. The fraction of sp³-hybridized carbons (Fsp3) is 0.105. The predicted molar refractivity (Wildman–Crippen MR) is 93.4 cm³/mol. The molecule has 0 aliphatic rings. The van der Waals surface area contributed by atoms with Gasteiger partial charge >= 0.3 is 0 Å². The Morgan fingerprint density at radius 3 is 2.40 bits per heavy atom. The van der Waals surface area contributed by atoms with Crippen LogP contribution < -0.4 is 10.6 Å². The molecule has 0 unspecified atom stereocenters. The van der Waals surface area contributed by atoms with E-state index in [-0.39, 0.29) is 17.4 Å². The van der Waals surface area contributed by atoms with Crippen LogP contribution in [-0.4, -0.2) is 15.9 Å². The Labute approximate surface area is 145 Å². The molecule has 1 amide bonds. The van der Waals surface area contributed by atoms with Gasteiger partial charge in [0.15, 0.2) is 0 Å². The van der Waals surface area contributed by atoms with Gasteiger partial charge < -0.3 is 10.6 Å². The van der Waals surface area contributed by atoms with Gasteiger partial charge in [0.05, 0.1) is 0 Å². The molecular weight excluding hydrogens is 319 g/mol. The van der Waals surface area contributed by atoms with Gasteiger partial charge in [0, 0.05) is 19.3 Å². The normalized spacial score (nSPS) is 10.3. The predicted octanol–water partition coefficient (Wildman–Crippen LogP) is 3.16. The van der Waals surface area contributed by atoms with Crippen molar-refractivity contribution < 1.29 is 9.18 Å². The average molecular weight is 336 g/mol. The van der Waals surface area contributed by atoms with Crippen molar-refractivity contribution in [3.05, 3.63) is 89.5 Å². The maximum absolute atomic E-state index is 12.9. The molecule has 3 aromatic rings. The Kier molecular flexibility index (Phi) is 5.31. The fourth-order valence-electron chi connectivity index (χ4n) is 2.22. The van der Waals surface area contributed by atoms with E-state index in [0.717, 1.165) is 11.1 Å². The first-order valence-corrected chi connectivity index (χ1v) is 7.84. The van der Waals surface area contributed by atoms with Crippen molar-refractivity contribution in [3.63, 3.8) is 0 Å². The Bertz CT molecular complexity index is 838. The van der Waals surface area contributed by atoms with Gasteiger partial charge in [0.25, 0.3) is 5.91 Å². The summed E-state index contributed by atoms with van der Waals surface area (Å²) in [4.78, 5) is 20.5. The number of hydrogen-bond donors (Lipinski definition) is 2. The highest BCUT2D eigenvalue weighted by Crippen LogP contribution is 2.07. The largest absolute Gasteiger partial charge is 0.350 e. The molecule has 5 nitrogen and oxygen atoms in total. The number of anilines is 1. The third-order valence-electron chi connectivity index (χ3n) is 3.55. The molecule has 2 aromatic carbocycles. The van der Waals surface area contributed by atoms with Crippen molar-refractivity contribution >= 4 is 11.9 Å². The SMILES string of the molecule is O=C(NCc1ccccc1)c1ccnc(NCc2ccc(F)cc2)n1. The highest BCUT2D eigenvalue weighted by atomic mass is 19.1. The summed E-state index contributed by atoms with van der Waals surface area (Å²) >= 11 is 0. The Hall–Kier alpha value is -3.28. The van der Waals surface area contributed by atoms with Gasteiger partial charge in [-0.15, -0.1) is 0 Å². The van der Waals surface area contributed by atoms with Gasteiger partial charge in [-0.05, 0) is 29.3 Å². The zero-order valence-electron chi connectivity index (χ0n) is 13.4. The quantitative estimate of drug-likeness (QED) is 0.726. The van der Waals surface area contributed by atoms with Crippen LogP contribution in [0.4, 0.5) is 10.3 Å². The summed E-state index contributed by atoms with van der Waals surface area (Å²) < 4.78 is 12.9. The van der Waals surface area contributed by atoms with Crippen LogP contribution in [0.3, 0.4) is 0 Å². The standard InChI is InChI=1S/C19H17FN4O/c20-16-8-6-15(7-9-16)13-23-19-21-11-10-17(24-19)18(25)22-12-14-4-2-1-3-5-14/h1-11H,12-13H2,(H,22,25)(H,21,23,24). The van der Waals surface area contributed by atoms with Crippen molar-refractivity contribution in [2.24, 2.45) is 0 Å². The van der Waals surface area contributed by atoms with Crippen LogP contribution in [0.2, 0.25) is 0 Å². The van der Waals surface area contributed by atoms with Gasteiger partial charge in [0.1, 0.15) is 11.5 Å². The molecular formula is C19H17FN4O. The van der Waals surface area contributed by atoms with Crippen LogP contribution in [0.25, 0.3) is 0 Å². The third-order valence-corrected chi connectivity index (χ3v) is 3.55. The number of aromatic nitrogens is 2. The second kappa shape index (κ2) is 8.01. The highest BCUT2D eigenvalue weighted by Gasteiger charge is 2.08. The number of halogens is 1. The molecule has 1 heterocycles. The summed E-state index contributed by atoms with van der Waals surface area (Å²) in [5, 5.41) is 5.85. The summed E-state index contributed by atoms with van der Waals surface area (Å²) in [6, 6.07) is 17.4. The minimum absolute atomic E-state index is 0.268. The number of nitrogens with zero attached hydrogens (tertiary/aromatic N) is 2. The molecule has 0 radical (unpaired) electrons. The third kappa shape index (κ3) is 4.84. The van der Waals surface area contributed by atoms with Crippen molar-refractivity contribution in [2.75, 3.05) is 5.32 Å². The van der Waals surface area contributed by atoms with Gasteiger partial charge in [-0.3, -0.25) is 4.79 Å². The first-order valence-electron chi connectivity index (χ1n) is 7.84. The van der Waals surface area contributed by atoms with E-state index in [1.54, 1.807) is 18.2 Å². The summed E-state index contributed by atoms with van der Waals surface area (Å²) in [5.41, 5.74) is 2.19. The number of rotatable bonds is 6. The van der Waals surface area contributed by atoms with Crippen molar-refractivity contribution in [3.8, 4) is 0 Å². The lowest BCUT2D eigenvalue weighted by Crippen LogP contribution is -2.24. The van der Waals surface area contributed by atoms with E-state index in [9.17, 15) is 9.18 Å². The average Bonchev–Trinajstić information content (AvgIpc) is 2.67. The van der Waals surface area contributed by atoms with Crippen molar-refractivity contribution in [2.45, 2.75) is 13.1 Å². The molecule has 0 aliphatic heterocycles. The molecule has 25 heavy (non-hydrogen) atoms. The van der Waals surface area contributed by atoms with E-state index in [0.29, 0.717) is 19.0 Å². The first kappa shape index (κ1) is 16.6. The van der Waals surface area contributed by atoms with Gasteiger partial charge in [-0.1, -0.05) is 42.5 Å². The second-order valence-electron chi connectivity index (χ2n) is 5.41. The van der Waals surface area contributed by atoms with Crippen LogP contribution in [0.15, 0.2) is 66.9 Å². The minimum atomic E-state index is -0.280.